The van der Waals surface area contributed by atoms with Gasteiger partial charge in [0.25, 0.3) is 0 Å². The van der Waals surface area contributed by atoms with E-state index in [-0.39, 0.29) is 11.9 Å². The Morgan fingerprint density at radius 2 is 1.91 bits per heavy atom. The van der Waals surface area contributed by atoms with Gasteiger partial charge in [-0.05, 0) is 37.3 Å². The predicted molar refractivity (Wildman–Crippen MR) is 93.9 cm³/mol. The molecule has 0 saturated heterocycles. The first-order valence-electron chi connectivity index (χ1n) is 7.63. The van der Waals surface area contributed by atoms with E-state index in [1.54, 1.807) is 4.90 Å². The highest BCUT2D eigenvalue weighted by Crippen LogP contribution is 2.42. The molecule has 0 aliphatic carbocycles. The van der Waals surface area contributed by atoms with Gasteiger partial charge in [0.2, 0.25) is 5.91 Å². The summed E-state index contributed by atoms with van der Waals surface area (Å²) in [6.45, 7) is 2.64. The van der Waals surface area contributed by atoms with Crippen LogP contribution in [0.25, 0.3) is 0 Å². The van der Waals surface area contributed by atoms with Gasteiger partial charge in [0.05, 0.1) is 30.4 Å². The molecule has 0 bridgehead atoms. The third-order valence-corrected chi connectivity index (χ3v) is 4.59. The molecule has 2 aliphatic rings. The van der Waals surface area contributed by atoms with Crippen molar-refractivity contribution in [2.75, 3.05) is 16.3 Å². The van der Waals surface area contributed by atoms with E-state index in [2.05, 4.69) is 9.89 Å². The van der Waals surface area contributed by atoms with Crippen LogP contribution >= 0.6 is 11.6 Å². The molecule has 116 valence electrons. The molecule has 2 aromatic carbocycles. The van der Waals surface area contributed by atoms with Crippen molar-refractivity contribution in [3.05, 3.63) is 53.6 Å². The molecule has 1 amide bonds. The molecule has 4 rings (SSSR count). The fraction of sp³-hybridized carbons (Fsp3) is 0.222. The normalized spacial score (nSPS) is 20.0. The minimum absolute atomic E-state index is 0.0668. The monoisotopic (exact) mass is 325 g/mol. The first kappa shape index (κ1) is 14.3. The molecule has 0 fully saturated rings. The first-order valence-corrected chi connectivity index (χ1v) is 8.01. The molecule has 0 aromatic heterocycles. The third-order valence-electron chi connectivity index (χ3n) is 4.36. The number of nitrogens with zero attached hydrogens (tertiary/aromatic N) is 3. The van der Waals surface area contributed by atoms with Crippen molar-refractivity contribution in [1.82, 2.24) is 0 Å². The van der Waals surface area contributed by atoms with Crippen molar-refractivity contribution in [3.8, 4) is 0 Å². The molecule has 2 aromatic rings. The zero-order valence-corrected chi connectivity index (χ0v) is 13.5. The summed E-state index contributed by atoms with van der Waals surface area (Å²) in [4.78, 5) is 21.4. The quantitative estimate of drug-likeness (QED) is 0.794. The second-order valence-electron chi connectivity index (χ2n) is 5.81. The van der Waals surface area contributed by atoms with Crippen molar-refractivity contribution >= 4 is 40.4 Å². The number of hydrogen-bond acceptors (Lipinski definition) is 3. The molecule has 0 radical (unpaired) electrons. The Morgan fingerprint density at radius 3 is 2.70 bits per heavy atom. The van der Waals surface area contributed by atoms with Gasteiger partial charge >= 0.3 is 0 Å². The summed E-state index contributed by atoms with van der Waals surface area (Å²) in [5.74, 6) is 1.01. The molecule has 2 aliphatic heterocycles. The number of hydrogen-bond donors (Lipinski definition) is 0. The molecule has 0 saturated carbocycles. The van der Waals surface area contributed by atoms with Gasteiger partial charge in [-0.15, -0.1) is 0 Å². The van der Waals surface area contributed by atoms with Crippen LogP contribution in [0.5, 0.6) is 0 Å². The fourth-order valence-electron chi connectivity index (χ4n) is 3.35. The second kappa shape index (κ2) is 5.39. The first-order chi connectivity index (χ1) is 11.1. The second-order valence-corrected chi connectivity index (χ2v) is 6.25. The lowest BCUT2D eigenvalue weighted by molar-refractivity contribution is -0.118. The minimum Gasteiger partial charge on any atom is -0.323 e. The summed E-state index contributed by atoms with van der Waals surface area (Å²) >= 11 is 6.22. The van der Waals surface area contributed by atoms with Crippen molar-refractivity contribution in [2.24, 2.45) is 4.99 Å². The van der Waals surface area contributed by atoms with Gasteiger partial charge in [-0.1, -0.05) is 29.8 Å². The van der Waals surface area contributed by atoms with Crippen molar-refractivity contribution < 1.29 is 4.79 Å². The Labute approximate surface area is 140 Å². The van der Waals surface area contributed by atoms with E-state index in [1.807, 2.05) is 55.5 Å². The number of rotatable bonds is 1. The van der Waals surface area contributed by atoms with E-state index in [0.717, 1.165) is 22.9 Å². The van der Waals surface area contributed by atoms with Crippen LogP contribution in [-0.4, -0.2) is 24.3 Å². The number of halogens is 1. The van der Waals surface area contributed by atoms with Gasteiger partial charge in [0, 0.05) is 10.7 Å². The van der Waals surface area contributed by atoms with E-state index in [1.165, 1.54) is 0 Å². The van der Waals surface area contributed by atoms with E-state index < -0.39 is 0 Å². The van der Waals surface area contributed by atoms with Crippen LogP contribution in [0.15, 0.2) is 53.5 Å². The maximum absolute atomic E-state index is 12.9. The van der Waals surface area contributed by atoms with Crippen molar-refractivity contribution in [2.45, 2.75) is 19.4 Å². The van der Waals surface area contributed by atoms with E-state index >= 15 is 0 Å². The Kier molecular flexibility index (Phi) is 3.34. The molecule has 0 N–H and O–H groups in total. The Balaban J connectivity index is 1.94. The SMILES string of the molecule is CC1=NCC2CC(=O)N(c3ccccc3)c3cc(Cl)ccc3N12. The summed E-state index contributed by atoms with van der Waals surface area (Å²) in [5, 5.41) is 0.615. The third kappa shape index (κ3) is 2.30. The molecule has 0 spiro atoms. The molecule has 2 heterocycles. The number of carbonyl (C=O) groups is 1. The maximum atomic E-state index is 12.9. The topological polar surface area (TPSA) is 35.9 Å². The highest BCUT2D eigenvalue weighted by Gasteiger charge is 2.37. The Morgan fingerprint density at radius 1 is 1.13 bits per heavy atom. The molecular formula is C18H16ClN3O. The maximum Gasteiger partial charge on any atom is 0.233 e. The summed E-state index contributed by atoms with van der Waals surface area (Å²) in [6, 6.07) is 15.5. The standard InChI is InChI=1S/C18H16ClN3O/c1-12-20-11-15-10-18(23)22(14-5-3-2-4-6-14)17-9-13(19)7-8-16(17)21(12)15/h2-9,15H,10-11H2,1H3. The van der Waals surface area contributed by atoms with E-state index in [4.69, 9.17) is 11.6 Å². The van der Waals surface area contributed by atoms with Gasteiger partial charge in [0.15, 0.2) is 0 Å². The number of anilines is 3. The minimum atomic E-state index is 0.0668. The number of amides is 1. The summed E-state index contributed by atoms with van der Waals surface area (Å²) in [5.41, 5.74) is 2.65. The number of carbonyl (C=O) groups excluding carboxylic acids is 1. The van der Waals surface area contributed by atoms with Crippen LogP contribution in [-0.2, 0) is 4.79 Å². The van der Waals surface area contributed by atoms with Crippen molar-refractivity contribution in [1.29, 1.82) is 0 Å². The molecular weight excluding hydrogens is 310 g/mol. The van der Waals surface area contributed by atoms with Crippen LogP contribution in [0.3, 0.4) is 0 Å². The van der Waals surface area contributed by atoms with E-state index in [9.17, 15) is 4.79 Å². The average molecular weight is 326 g/mol. The van der Waals surface area contributed by atoms with Gasteiger partial charge < -0.3 is 4.90 Å². The average Bonchev–Trinajstić information content (AvgIpc) is 2.84. The summed E-state index contributed by atoms with van der Waals surface area (Å²) in [7, 11) is 0. The summed E-state index contributed by atoms with van der Waals surface area (Å²) < 4.78 is 0. The number of benzene rings is 2. The highest BCUT2D eigenvalue weighted by atomic mass is 35.5. The van der Waals surface area contributed by atoms with Crippen LogP contribution in [0, 0.1) is 0 Å². The number of fused-ring (bicyclic) bond motifs is 3. The molecule has 4 nitrogen and oxygen atoms in total. The molecule has 1 atom stereocenters. The van der Waals surface area contributed by atoms with Gasteiger partial charge in [-0.3, -0.25) is 14.7 Å². The number of para-hydroxylation sites is 1. The van der Waals surface area contributed by atoms with Gasteiger partial charge in [-0.25, -0.2) is 0 Å². The Hall–Kier alpha value is -2.33. The lowest BCUT2D eigenvalue weighted by Gasteiger charge is -2.26. The van der Waals surface area contributed by atoms with Gasteiger partial charge in [0.1, 0.15) is 5.84 Å². The van der Waals surface area contributed by atoms with Crippen LogP contribution in [0.1, 0.15) is 13.3 Å². The van der Waals surface area contributed by atoms with Gasteiger partial charge in [-0.2, -0.15) is 0 Å². The molecule has 1 unspecified atom stereocenters. The smallest absolute Gasteiger partial charge is 0.233 e. The zero-order valence-electron chi connectivity index (χ0n) is 12.7. The van der Waals surface area contributed by atoms with E-state index in [0.29, 0.717) is 18.0 Å². The number of aliphatic imine (C=N–C) groups is 1. The van der Waals surface area contributed by atoms with Crippen LogP contribution < -0.4 is 9.80 Å². The number of amidine groups is 1. The lowest BCUT2D eigenvalue weighted by Crippen LogP contribution is -2.36. The zero-order chi connectivity index (χ0) is 16.0. The lowest BCUT2D eigenvalue weighted by atomic mass is 10.1. The van der Waals surface area contributed by atoms with Crippen LogP contribution in [0.2, 0.25) is 5.02 Å². The Bertz CT molecular complexity index is 803. The van der Waals surface area contributed by atoms with Crippen molar-refractivity contribution in [3.63, 3.8) is 0 Å². The highest BCUT2D eigenvalue weighted by molar-refractivity contribution is 6.31. The molecule has 23 heavy (non-hydrogen) atoms. The fourth-order valence-corrected chi connectivity index (χ4v) is 3.52. The summed E-state index contributed by atoms with van der Waals surface area (Å²) in [6.07, 6.45) is 0.433. The predicted octanol–water partition coefficient (Wildman–Crippen LogP) is 4.02. The largest absolute Gasteiger partial charge is 0.323 e. The van der Waals surface area contributed by atoms with Crippen LogP contribution in [0.4, 0.5) is 17.1 Å². The molecule has 5 heteroatoms.